The van der Waals surface area contributed by atoms with E-state index in [1.807, 2.05) is 24.3 Å². The third-order valence-corrected chi connectivity index (χ3v) is 2.37. The van der Waals surface area contributed by atoms with Crippen molar-refractivity contribution >= 4 is 5.69 Å². The summed E-state index contributed by atoms with van der Waals surface area (Å²) in [5, 5.41) is 5.87. The highest BCUT2D eigenvalue weighted by Crippen LogP contribution is 2.27. The molecule has 3 nitrogen and oxygen atoms in total. The fraction of sp³-hybridized carbons (Fsp3) is 0.455. The maximum Gasteiger partial charge on any atom is 0.250 e. The molecule has 2 rings (SSSR count). The summed E-state index contributed by atoms with van der Waals surface area (Å²) in [4.78, 5) is 0. The van der Waals surface area contributed by atoms with E-state index in [2.05, 4.69) is 10.6 Å². The number of nitrogens with one attached hydrogen (secondary N) is 2. The Morgan fingerprint density at radius 3 is 3.06 bits per heavy atom. The quantitative estimate of drug-likeness (QED) is 0.823. The third-order valence-electron chi connectivity index (χ3n) is 2.37. The van der Waals surface area contributed by atoms with Gasteiger partial charge >= 0.3 is 0 Å². The Labute approximate surface area is 92.8 Å². The molecular formula is C11H14F2N2O. The minimum absolute atomic E-state index is 0.103. The number of hydrogen-bond acceptors (Lipinski definition) is 3. The van der Waals surface area contributed by atoms with Crippen LogP contribution in [0, 0.1) is 0 Å². The number of para-hydroxylation sites is 2. The molecule has 5 heteroatoms. The standard InChI is InChI=1S/C11H14F2N2O/c12-11(13)7-14-5-8-6-15-9-3-1-2-4-10(9)16-8/h1-4,8,11,14-15H,5-7H2. The lowest BCUT2D eigenvalue weighted by Gasteiger charge is -2.27. The largest absolute Gasteiger partial charge is 0.485 e. The van der Waals surface area contributed by atoms with Crippen LogP contribution in [-0.4, -0.2) is 32.2 Å². The fourth-order valence-electron chi connectivity index (χ4n) is 1.63. The van der Waals surface area contributed by atoms with Crippen molar-refractivity contribution in [1.29, 1.82) is 0 Å². The van der Waals surface area contributed by atoms with Gasteiger partial charge in [-0.2, -0.15) is 0 Å². The van der Waals surface area contributed by atoms with Crippen LogP contribution in [0.4, 0.5) is 14.5 Å². The molecule has 0 saturated carbocycles. The number of benzene rings is 1. The molecule has 1 aromatic carbocycles. The minimum atomic E-state index is -2.32. The van der Waals surface area contributed by atoms with E-state index >= 15 is 0 Å². The zero-order valence-corrected chi connectivity index (χ0v) is 8.75. The zero-order valence-electron chi connectivity index (χ0n) is 8.75. The van der Waals surface area contributed by atoms with Crippen LogP contribution in [-0.2, 0) is 0 Å². The summed E-state index contributed by atoms with van der Waals surface area (Å²) in [7, 11) is 0. The summed E-state index contributed by atoms with van der Waals surface area (Å²) in [5.41, 5.74) is 0.951. The normalized spacial score (nSPS) is 18.8. The predicted molar refractivity (Wildman–Crippen MR) is 58.2 cm³/mol. The highest BCUT2D eigenvalue weighted by Gasteiger charge is 2.18. The topological polar surface area (TPSA) is 33.3 Å². The first-order chi connectivity index (χ1) is 7.75. The Morgan fingerprint density at radius 2 is 2.25 bits per heavy atom. The fourth-order valence-corrected chi connectivity index (χ4v) is 1.63. The Balaban J connectivity index is 1.83. The van der Waals surface area contributed by atoms with Crippen molar-refractivity contribution in [1.82, 2.24) is 5.32 Å². The van der Waals surface area contributed by atoms with Gasteiger partial charge in [-0.15, -0.1) is 0 Å². The van der Waals surface area contributed by atoms with Crippen molar-refractivity contribution in [3.05, 3.63) is 24.3 Å². The molecule has 0 aliphatic carbocycles. The summed E-state index contributed by atoms with van der Waals surface area (Å²) in [6.07, 6.45) is -2.42. The maximum absolute atomic E-state index is 11.9. The number of fused-ring (bicyclic) bond motifs is 1. The smallest absolute Gasteiger partial charge is 0.250 e. The lowest BCUT2D eigenvalue weighted by molar-refractivity contribution is 0.135. The van der Waals surface area contributed by atoms with Gasteiger partial charge in [-0.1, -0.05) is 12.1 Å². The van der Waals surface area contributed by atoms with E-state index in [-0.39, 0.29) is 12.6 Å². The van der Waals surface area contributed by atoms with Gasteiger partial charge in [0, 0.05) is 6.54 Å². The molecule has 2 N–H and O–H groups in total. The van der Waals surface area contributed by atoms with Gasteiger partial charge in [0.25, 0.3) is 6.43 Å². The number of ether oxygens (including phenoxy) is 1. The number of alkyl halides is 2. The second kappa shape index (κ2) is 5.12. The predicted octanol–water partition coefficient (Wildman–Crippen LogP) is 1.71. The van der Waals surface area contributed by atoms with Crippen LogP contribution in [0.25, 0.3) is 0 Å². The van der Waals surface area contributed by atoms with Crippen molar-refractivity contribution in [3.8, 4) is 5.75 Å². The molecule has 0 fully saturated rings. The summed E-state index contributed by atoms with van der Waals surface area (Å²) >= 11 is 0. The van der Waals surface area contributed by atoms with Gasteiger partial charge in [0.2, 0.25) is 0 Å². The first kappa shape index (κ1) is 11.1. The van der Waals surface area contributed by atoms with E-state index in [0.717, 1.165) is 11.4 Å². The van der Waals surface area contributed by atoms with Gasteiger partial charge in [-0.05, 0) is 12.1 Å². The van der Waals surface area contributed by atoms with Gasteiger partial charge in [0.05, 0.1) is 18.8 Å². The van der Waals surface area contributed by atoms with E-state index in [1.165, 1.54) is 0 Å². The lowest BCUT2D eigenvalue weighted by atomic mass is 10.2. The van der Waals surface area contributed by atoms with Crippen LogP contribution in [0.5, 0.6) is 5.75 Å². The van der Waals surface area contributed by atoms with Crippen molar-refractivity contribution in [2.24, 2.45) is 0 Å². The number of hydrogen-bond donors (Lipinski definition) is 2. The molecule has 1 aromatic rings. The van der Waals surface area contributed by atoms with Crippen LogP contribution in [0.15, 0.2) is 24.3 Å². The average Bonchev–Trinajstić information content (AvgIpc) is 2.28. The second-order valence-corrected chi connectivity index (χ2v) is 3.67. The molecule has 16 heavy (non-hydrogen) atoms. The Bertz CT molecular complexity index is 347. The first-order valence-corrected chi connectivity index (χ1v) is 5.24. The van der Waals surface area contributed by atoms with Gasteiger partial charge in [0.15, 0.2) is 0 Å². The highest BCUT2D eigenvalue weighted by molar-refractivity contribution is 5.57. The molecule has 0 saturated heterocycles. The van der Waals surface area contributed by atoms with E-state index in [9.17, 15) is 8.78 Å². The minimum Gasteiger partial charge on any atom is -0.485 e. The molecule has 88 valence electrons. The maximum atomic E-state index is 11.9. The molecule has 0 spiro atoms. The van der Waals surface area contributed by atoms with E-state index in [4.69, 9.17) is 4.74 Å². The van der Waals surface area contributed by atoms with E-state index in [0.29, 0.717) is 13.1 Å². The average molecular weight is 228 g/mol. The molecule has 0 aromatic heterocycles. The number of halogens is 2. The van der Waals surface area contributed by atoms with Crippen molar-refractivity contribution in [3.63, 3.8) is 0 Å². The molecule has 0 bridgehead atoms. The van der Waals surface area contributed by atoms with E-state index < -0.39 is 6.43 Å². The molecule has 0 radical (unpaired) electrons. The SMILES string of the molecule is FC(F)CNCC1CNc2ccccc2O1. The third kappa shape index (κ3) is 2.82. The highest BCUT2D eigenvalue weighted by atomic mass is 19.3. The van der Waals surface area contributed by atoms with E-state index in [1.54, 1.807) is 0 Å². The summed E-state index contributed by atoms with van der Waals surface area (Å²) in [6.45, 7) is 0.764. The molecule has 1 atom stereocenters. The van der Waals surface area contributed by atoms with Gasteiger partial charge < -0.3 is 15.4 Å². The summed E-state index contributed by atoms with van der Waals surface area (Å²) in [5.74, 6) is 0.776. The lowest BCUT2D eigenvalue weighted by Crippen LogP contribution is -2.40. The van der Waals surface area contributed by atoms with Crippen LogP contribution in [0.2, 0.25) is 0 Å². The van der Waals surface area contributed by atoms with Crippen molar-refractivity contribution in [2.45, 2.75) is 12.5 Å². The van der Waals surface area contributed by atoms with Crippen molar-refractivity contribution < 1.29 is 13.5 Å². The Kier molecular flexibility index (Phi) is 3.56. The van der Waals surface area contributed by atoms with Crippen LogP contribution >= 0.6 is 0 Å². The van der Waals surface area contributed by atoms with Crippen LogP contribution < -0.4 is 15.4 Å². The van der Waals surface area contributed by atoms with Crippen molar-refractivity contribution in [2.75, 3.05) is 25.0 Å². The molecule has 1 aliphatic heterocycles. The number of anilines is 1. The molecular weight excluding hydrogens is 214 g/mol. The number of rotatable bonds is 4. The molecule has 1 unspecified atom stereocenters. The first-order valence-electron chi connectivity index (χ1n) is 5.24. The Hall–Kier alpha value is -1.36. The van der Waals surface area contributed by atoms with Gasteiger partial charge in [0.1, 0.15) is 11.9 Å². The van der Waals surface area contributed by atoms with Crippen LogP contribution in [0.3, 0.4) is 0 Å². The zero-order chi connectivity index (χ0) is 11.4. The van der Waals surface area contributed by atoms with Gasteiger partial charge in [-0.3, -0.25) is 0 Å². The summed E-state index contributed by atoms with van der Waals surface area (Å²) in [6, 6.07) is 7.60. The Morgan fingerprint density at radius 1 is 1.44 bits per heavy atom. The monoisotopic (exact) mass is 228 g/mol. The summed E-state index contributed by atoms with van der Waals surface area (Å²) < 4.78 is 29.5. The van der Waals surface area contributed by atoms with Gasteiger partial charge in [-0.25, -0.2) is 8.78 Å². The van der Waals surface area contributed by atoms with Crippen LogP contribution in [0.1, 0.15) is 0 Å². The molecule has 1 heterocycles. The molecule has 0 amide bonds. The molecule has 1 aliphatic rings. The second-order valence-electron chi connectivity index (χ2n) is 3.67.